The van der Waals surface area contributed by atoms with Crippen LogP contribution in [0.4, 0.5) is 13.2 Å². The summed E-state index contributed by atoms with van der Waals surface area (Å²) in [6.07, 6.45) is -1.09. The van der Waals surface area contributed by atoms with Crippen LogP contribution in [0.2, 0.25) is 5.02 Å². The molecule has 1 amide bonds. The maximum absolute atomic E-state index is 13.3. The highest BCUT2D eigenvalue weighted by molar-refractivity contribution is 7.91. The molecule has 1 aliphatic rings. The average Bonchev–Trinajstić information content (AvgIpc) is 3.30. The second-order valence-corrected chi connectivity index (χ2v) is 12.2. The van der Waals surface area contributed by atoms with E-state index < -0.39 is 33.0 Å². The number of rotatable bonds is 4. The van der Waals surface area contributed by atoms with Crippen molar-refractivity contribution in [2.24, 2.45) is 0 Å². The zero-order valence-electron chi connectivity index (χ0n) is 20.1. The molecule has 0 unspecified atom stereocenters. The standard InChI is InChI=1S/C26H22ClF3N4O3S/c1-25(10-12-38(36,37)13-11-25)33-24(35)20-15-32-34-22(16-6-8-17(9-7-16)26(28,29)30)19(14-31-23(20)34)18-4-2-3-5-21(18)27/h2-9,14-15H,10-13H2,1H3,(H,33,35). The first-order chi connectivity index (χ1) is 17.9. The molecule has 3 heterocycles. The van der Waals surface area contributed by atoms with Gasteiger partial charge in [0.2, 0.25) is 0 Å². The lowest BCUT2D eigenvalue weighted by Gasteiger charge is -2.34. The topological polar surface area (TPSA) is 93.4 Å². The van der Waals surface area contributed by atoms with Gasteiger partial charge in [-0.1, -0.05) is 41.9 Å². The summed E-state index contributed by atoms with van der Waals surface area (Å²) < 4.78 is 64.7. The Hall–Kier alpha value is -3.44. The van der Waals surface area contributed by atoms with E-state index in [2.05, 4.69) is 15.4 Å². The highest BCUT2D eigenvalue weighted by Crippen LogP contribution is 2.38. The molecule has 7 nitrogen and oxygen atoms in total. The van der Waals surface area contributed by atoms with Gasteiger partial charge in [-0.05, 0) is 38.0 Å². The van der Waals surface area contributed by atoms with E-state index in [1.807, 2.05) is 0 Å². The molecule has 0 spiro atoms. The van der Waals surface area contributed by atoms with E-state index in [0.717, 1.165) is 12.1 Å². The Kier molecular flexibility index (Phi) is 6.47. The molecule has 1 N–H and O–H groups in total. The highest BCUT2D eigenvalue weighted by atomic mass is 35.5. The normalized spacial score (nSPS) is 16.9. The van der Waals surface area contributed by atoms with E-state index >= 15 is 0 Å². The van der Waals surface area contributed by atoms with Gasteiger partial charge in [0.15, 0.2) is 5.65 Å². The minimum atomic E-state index is -4.50. The summed E-state index contributed by atoms with van der Waals surface area (Å²) in [6, 6.07) is 11.6. The summed E-state index contributed by atoms with van der Waals surface area (Å²) in [5.41, 5.74) is 0.765. The van der Waals surface area contributed by atoms with Crippen molar-refractivity contribution in [2.45, 2.75) is 31.5 Å². The van der Waals surface area contributed by atoms with E-state index in [0.29, 0.717) is 27.4 Å². The van der Waals surface area contributed by atoms with Gasteiger partial charge in [-0.25, -0.2) is 17.9 Å². The van der Waals surface area contributed by atoms with E-state index in [-0.39, 0.29) is 35.6 Å². The van der Waals surface area contributed by atoms with Crippen molar-refractivity contribution in [3.8, 4) is 22.4 Å². The van der Waals surface area contributed by atoms with E-state index in [1.54, 1.807) is 31.2 Å². The van der Waals surface area contributed by atoms with Crippen LogP contribution in [0.5, 0.6) is 0 Å². The third-order valence-electron chi connectivity index (χ3n) is 6.77. The number of carbonyl (C=O) groups is 1. The molecular weight excluding hydrogens is 541 g/mol. The van der Waals surface area contributed by atoms with Crippen molar-refractivity contribution in [3.05, 3.63) is 77.1 Å². The Bertz CT molecular complexity index is 1640. The molecule has 0 radical (unpaired) electrons. The van der Waals surface area contributed by atoms with Gasteiger partial charge in [-0.15, -0.1) is 0 Å². The first-order valence-corrected chi connectivity index (χ1v) is 13.9. The number of alkyl halides is 3. The highest BCUT2D eigenvalue weighted by Gasteiger charge is 2.35. The third-order valence-corrected chi connectivity index (χ3v) is 8.75. The molecule has 2 aromatic heterocycles. The Balaban J connectivity index is 1.61. The van der Waals surface area contributed by atoms with Crippen LogP contribution in [-0.4, -0.2) is 46.0 Å². The predicted molar refractivity (Wildman–Crippen MR) is 138 cm³/mol. The van der Waals surface area contributed by atoms with Crippen LogP contribution in [0.3, 0.4) is 0 Å². The fraction of sp³-hybridized carbons (Fsp3) is 0.269. The quantitative estimate of drug-likeness (QED) is 0.358. The minimum Gasteiger partial charge on any atom is -0.347 e. The van der Waals surface area contributed by atoms with Gasteiger partial charge in [0.1, 0.15) is 15.4 Å². The number of amides is 1. The first kappa shape index (κ1) is 26.2. The molecule has 0 saturated carbocycles. The monoisotopic (exact) mass is 562 g/mol. The first-order valence-electron chi connectivity index (χ1n) is 11.7. The molecule has 5 rings (SSSR count). The molecule has 0 atom stereocenters. The van der Waals surface area contributed by atoms with Gasteiger partial charge in [-0.2, -0.15) is 18.3 Å². The largest absolute Gasteiger partial charge is 0.416 e. The van der Waals surface area contributed by atoms with Gasteiger partial charge in [0.25, 0.3) is 5.91 Å². The summed E-state index contributed by atoms with van der Waals surface area (Å²) >= 11 is 6.44. The number of nitrogens with zero attached hydrogens (tertiary/aromatic N) is 3. The Morgan fingerprint density at radius 3 is 2.32 bits per heavy atom. The summed E-state index contributed by atoms with van der Waals surface area (Å²) in [7, 11) is -3.12. The van der Waals surface area contributed by atoms with Crippen molar-refractivity contribution in [1.82, 2.24) is 19.9 Å². The van der Waals surface area contributed by atoms with Crippen molar-refractivity contribution >= 4 is 33.0 Å². The molecule has 2 aromatic carbocycles. The fourth-order valence-corrected chi connectivity index (χ4v) is 6.48. The smallest absolute Gasteiger partial charge is 0.347 e. The second kappa shape index (κ2) is 9.39. The maximum Gasteiger partial charge on any atom is 0.416 e. The number of sulfone groups is 1. The second-order valence-electron chi connectivity index (χ2n) is 9.54. The Morgan fingerprint density at radius 2 is 1.68 bits per heavy atom. The summed E-state index contributed by atoms with van der Waals surface area (Å²) in [5.74, 6) is -0.510. The molecule has 4 aromatic rings. The van der Waals surface area contributed by atoms with Gasteiger partial charge in [0.05, 0.1) is 29.0 Å². The van der Waals surface area contributed by atoms with Crippen LogP contribution in [0.15, 0.2) is 60.9 Å². The lowest BCUT2D eigenvalue weighted by molar-refractivity contribution is -0.137. The zero-order chi connectivity index (χ0) is 27.3. The van der Waals surface area contributed by atoms with Crippen LogP contribution in [0.1, 0.15) is 35.7 Å². The average molecular weight is 563 g/mol. The maximum atomic E-state index is 13.3. The number of benzene rings is 2. The van der Waals surface area contributed by atoms with Gasteiger partial charge < -0.3 is 5.32 Å². The number of nitrogens with one attached hydrogen (secondary N) is 1. The van der Waals surface area contributed by atoms with Crippen molar-refractivity contribution < 1.29 is 26.4 Å². The Labute approximate surface area is 221 Å². The molecule has 12 heteroatoms. The number of hydrogen-bond acceptors (Lipinski definition) is 5. The number of carbonyl (C=O) groups excluding carboxylic acids is 1. The molecule has 1 aliphatic heterocycles. The van der Waals surface area contributed by atoms with Crippen LogP contribution >= 0.6 is 11.6 Å². The zero-order valence-corrected chi connectivity index (χ0v) is 21.7. The summed E-state index contributed by atoms with van der Waals surface area (Å²) in [5, 5.41) is 7.71. The molecule has 1 saturated heterocycles. The van der Waals surface area contributed by atoms with Crippen molar-refractivity contribution in [1.29, 1.82) is 0 Å². The number of halogens is 4. The van der Waals surface area contributed by atoms with Gasteiger partial charge >= 0.3 is 6.18 Å². The predicted octanol–water partition coefficient (Wildman–Crippen LogP) is 5.43. The molecule has 38 heavy (non-hydrogen) atoms. The third kappa shape index (κ3) is 5.00. The van der Waals surface area contributed by atoms with Crippen LogP contribution in [0.25, 0.3) is 28.0 Å². The number of aromatic nitrogens is 3. The van der Waals surface area contributed by atoms with E-state index in [1.165, 1.54) is 29.0 Å². The molecule has 0 bridgehead atoms. The minimum absolute atomic E-state index is 0.0178. The molecule has 0 aliphatic carbocycles. The lowest BCUT2D eigenvalue weighted by atomic mass is 9.94. The van der Waals surface area contributed by atoms with Crippen LogP contribution in [0, 0.1) is 0 Å². The van der Waals surface area contributed by atoms with E-state index in [4.69, 9.17) is 11.6 Å². The molecule has 198 valence electrons. The van der Waals surface area contributed by atoms with Crippen molar-refractivity contribution in [2.75, 3.05) is 11.5 Å². The summed E-state index contributed by atoms with van der Waals surface area (Å²) in [6.45, 7) is 1.79. The van der Waals surface area contributed by atoms with Gasteiger partial charge in [0, 0.05) is 33.4 Å². The van der Waals surface area contributed by atoms with Gasteiger partial charge in [-0.3, -0.25) is 4.79 Å². The van der Waals surface area contributed by atoms with Crippen molar-refractivity contribution in [3.63, 3.8) is 0 Å². The Morgan fingerprint density at radius 1 is 1.03 bits per heavy atom. The number of fused-ring (bicyclic) bond motifs is 1. The molecule has 1 fully saturated rings. The lowest BCUT2D eigenvalue weighted by Crippen LogP contribution is -2.50. The number of hydrogen-bond donors (Lipinski definition) is 1. The fourth-order valence-electron chi connectivity index (χ4n) is 4.52. The van der Waals surface area contributed by atoms with Crippen LogP contribution in [-0.2, 0) is 16.0 Å². The SMILES string of the molecule is CC1(NC(=O)c2cnn3c(-c4ccc(C(F)(F)F)cc4)c(-c4ccccc4Cl)cnc23)CCS(=O)(=O)CC1. The van der Waals surface area contributed by atoms with E-state index in [9.17, 15) is 26.4 Å². The summed E-state index contributed by atoms with van der Waals surface area (Å²) in [4.78, 5) is 17.7. The van der Waals surface area contributed by atoms with Crippen LogP contribution < -0.4 is 5.32 Å². The molecular formula is C26H22ClF3N4O3S.